The van der Waals surface area contributed by atoms with Crippen molar-refractivity contribution in [2.45, 2.75) is 26.3 Å². The number of hydrogen-bond acceptors (Lipinski definition) is 5. The third kappa shape index (κ3) is 1.84. The van der Waals surface area contributed by atoms with Crippen LogP contribution in [-0.2, 0) is 7.05 Å². The lowest BCUT2D eigenvalue weighted by Crippen LogP contribution is -2.36. The largest absolute Gasteiger partial charge is 0.394 e. The first-order chi connectivity index (χ1) is 8.47. The summed E-state index contributed by atoms with van der Waals surface area (Å²) in [5.74, 6) is 0.825. The molecule has 2 unspecified atom stereocenters. The molecule has 100 valence electrons. The Labute approximate surface area is 105 Å². The molecule has 7 nitrogen and oxygen atoms in total. The Morgan fingerprint density at radius 2 is 2.28 bits per heavy atom. The summed E-state index contributed by atoms with van der Waals surface area (Å²) in [6.07, 6.45) is 0.923. The predicted octanol–water partition coefficient (Wildman–Crippen LogP) is 0.844. The average molecular weight is 254 g/mol. The van der Waals surface area contributed by atoms with Gasteiger partial charge in [0.1, 0.15) is 5.69 Å². The summed E-state index contributed by atoms with van der Waals surface area (Å²) in [7, 11) is 1.70. The minimum atomic E-state index is -0.394. The SMILES string of the molecule is Cc1nn(C)c(N2CCC(C)C2CO)c1[N+](=O)[O-]. The minimum Gasteiger partial charge on any atom is -0.394 e. The van der Waals surface area contributed by atoms with Crippen LogP contribution < -0.4 is 4.90 Å². The van der Waals surface area contributed by atoms with Gasteiger partial charge in [0.25, 0.3) is 0 Å². The van der Waals surface area contributed by atoms with Gasteiger partial charge < -0.3 is 10.0 Å². The number of aliphatic hydroxyl groups excluding tert-OH is 1. The number of anilines is 1. The van der Waals surface area contributed by atoms with E-state index in [-0.39, 0.29) is 18.3 Å². The normalized spacial score (nSPS) is 23.7. The van der Waals surface area contributed by atoms with E-state index in [0.717, 1.165) is 6.42 Å². The summed E-state index contributed by atoms with van der Waals surface area (Å²) in [5.41, 5.74) is 0.457. The molecule has 1 aromatic heterocycles. The quantitative estimate of drug-likeness (QED) is 0.638. The molecular weight excluding hydrogens is 236 g/mol. The van der Waals surface area contributed by atoms with Crippen molar-refractivity contribution >= 4 is 11.5 Å². The van der Waals surface area contributed by atoms with Gasteiger partial charge in [-0.25, -0.2) is 4.68 Å². The molecule has 0 amide bonds. The van der Waals surface area contributed by atoms with E-state index < -0.39 is 4.92 Å². The van der Waals surface area contributed by atoms with Crippen LogP contribution >= 0.6 is 0 Å². The van der Waals surface area contributed by atoms with Crippen LogP contribution in [0.2, 0.25) is 0 Å². The predicted molar refractivity (Wildman–Crippen MR) is 66.6 cm³/mol. The molecule has 1 aromatic rings. The van der Waals surface area contributed by atoms with E-state index in [9.17, 15) is 15.2 Å². The maximum absolute atomic E-state index is 11.2. The van der Waals surface area contributed by atoms with E-state index in [2.05, 4.69) is 12.0 Å². The fourth-order valence-electron chi connectivity index (χ4n) is 2.72. The molecule has 7 heteroatoms. The number of aryl methyl sites for hydroxylation is 2. The Balaban J connectivity index is 2.48. The lowest BCUT2D eigenvalue weighted by Gasteiger charge is -2.26. The lowest BCUT2D eigenvalue weighted by atomic mass is 10.0. The van der Waals surface area contributed by atoms with Crippen LogP contribution in [0.5, 0.6) is 0 Å². The van der Waals surface area contributed by atoms with Crippen LogP contribution in [0.15, 0.2) is 0 Å². The van der Waals surface area contributed by atoms with Crippen molar-refractivity contribution in [3.63, 3.8) is 0 Å². The standard InChI is InChI=1S/C11H18N4O3/c1-7-4-5-14(9(7)6-16)11-10(15(17)18)8(2)12-13(11)3/h7,9,16H,4-6H2,1-3H3. The van der Waals surface area contributed by atoms with Crippen LogP contribution in [0.4, 0.5) is 11.5 Å². The molecular formula is C11H18N4O3. The molecule has 0 saturated carbocycles. The van der Waals surface area contributed by atoms with Gasteiger partial charge in [0.15, 0.2) is 0 Å². The Kier molecular flexibility index (Phi) is 3.25. The molecule has 0 bridgehead atoms. The van der Waals surface area contributed by atoms with Gasteiger partial charge in [0.05, 0.1) is 17.6 Å². The van der Waals surface area contributed by atoms with Crippen LogP contribution in [-0.4, -0.2) is 39.0 Å². The zero-order valence-electron chi connectivity index (χ0n) is 10.8. The number of hydrogen-bond donors (Lipinski definition) is 1. The van der Waals surface area contributed by atoms with Gasteiger partial charge in [-0.15, -0.1) is 0 Å². The molecule has 1 fully saturated rings. The smallest absolute Gasteiger partial charge is 0.333 e. The van der Waals surface area contributed by atoms with E-state index in [1.54, 1.807) is 14.0 Å². The summed E-state index contributed by atoms with van der Waals surface area (Å²) < 4.78 is 1.54. The highest BCUT2D eigenvalue weighted by molar-refractivity contribution is 5.62. The molecule has 0 radical (unpaired) electrons. The van der Waals surface area contributed by atoms with Crippen molar-refractivity contribution in [2.75, 3.05) is 18.1 Å². The van der Waals surface area contributed by atoms with E-state index in [1.807, 2.05) is 4.90 Å². The maximum Gasteiger partial charge on any atom is 0.333 e. The van der Waals surface area contributed by atoms with Crippen molar-refractivity contribution in [1.29, 1.82) is 0 Å². The number of aromatic nitrogens is 2. The van der Waals surface area contributed by atoms with Gasteiger partial charge in [-0.05, 0) is 19.3 Å². The maximum atomic E-state index is 11.2. The highest BCUT2D eigenvalue weighted by Gasteiger charge is 2.37. The average Bonchev–Trinajstić information content (AvgIpc) is 2.78. The molecule has 1 aliphatic rings. The van der Waals surface area contributed by atoms with Gasteiger partial charge in [-0.3, -0.25) is 10.1 Å². The third-order valence-electron chi connectivity index (χ3n) is 3.69. The molecule has 18 heavy (non-hydrogen) atoms. The molecule has 2 heterocycles. The first-order valence-corrected chi connectivity index (χ1v) is 6.02. The first-order valence-electron chi connectivity index (χ1n) is 6.02. The summed E-state index contributed by atoms with van der Waals surface area (Å²) >= 11 is 0. The second-order valence-electron chi connectivity index (χ2n) is 4.85. The Morgan fingerprint density at radius 1 is 1.61 bits per heavy atom. The van der Waals surface area contributed by atoms with Crippen molar-refractivity contribution < 1.29 is 10.0 Å². The minimum absolute atomic E-state index is 0.00253. The summed E-state index contributed by atoms with van der Waals surface area (Å²) in [6, 6.07) is -0.0708. The van der Waals surface area contributed by atoms with E-state index in [1.165, 1.54) is 4.68 Å². The van der Waals surface area contributed by atoms with E-state index in [0.29, 0.717) is 24.0 Å². The van der Waals surface area contributed by atoms with Gasteiger partial charge in [-0.1, -0.05) is 6.92 Å². The van der Waals surface area contributed by atoms with Gasteiger partial charge in [-0.2, -0.15) is 5.10 Å². The highest BCUT2D eigenvalue weighted by atomic mass is 16.6. The topological polar surface area (TPSA) is 84.4 Å². The second-order valence-corrected chi connectivity index (χ2v) is 4.85. The van der Waals surface area contributed by atoms with Crippen molar-refractivity contribution in [1.82, 2.24) is 9.78 Å². The summed E-state index contributed by atoms with van der Waals surface area (Å²) in [5, 5.41) is 24.7. The molecule has 1 N–H and O–H groups in total. The van der Waals surface area contributed by atoms with Crippen molar-refractivity contribution in [2.24, 2.45) is 13.0 Å². The second kappa shape index (κ2) is 4.56. The van der Waals surface area contributed by atoms with Gasteiger partial charge >= 0.3 is 5.69 Å². The zero-order chi connectivity index (χ0) is 13.4. The molecule has 1 aliphatic heterocycles. The third-order valence-corrected chi connectivity index (χ3v) is 3.69. The van der Waals surface area contributed by atoms with Crippen LogP contribution in [0.3, 0.4) is 0 Å². The first kappa shape index (κ1) is 12.8. The number of nitro groups is 1. The summed E-state index contributed by atoms with van der Waals surface area (Å²) in [6.45, 7) is 4.40. The van der Waals surface area contributed by atoms with Gasteiger partial charge in [0.2, 0.25) is 5.82 Å². The molecule has 1 saturated heterocycles. The summed E-state index contributed by atoms with van der Waals surface area (Å²) in [4.78, 5) is 12.7. The molecule has 0 aromatic carbocycles. The van der Waals surface area contributed by atoms with E-state index in [4.69, 9.17) is 0 Å². The molecule has 2 atom stereocenters. The number of aliphatic hydroxyl groups is 1. The fraction of sp³-hybridized carbons (Fsp3) is 0.727. The number of rotatable bonds is 3. The van der Waals surface area contributed by atoms with E-state index >= 15 is 0 Å². The van der Waals surface area contributed by atoms with Crippen LogP contribution in [0.1, 0.15) is 19.0 Å². The zero-order valence-corrected chi connectivity index (χ0v) is 10.8. The lowest BCUT2D eigenvalue weighted by molar-refractivity contribution is -0.384. The highest BCUT2D eigenvalue weighted by Crippen LogP contribution is 2.36. The van der Waals surface area contributed by atoms with Crippen LogP contribution in [0.25, 0.3) is 0 Å². The Morgan fingerprint density at radius 3 is 2.83 bits per heavy atom. The Bertz CT molecular complexity index is 471. The molecule has 2 rings (SSSR count). The number of nitrogens with zero attached hydrogens (tertiary/aromatic N) is 4. The molecule has 0 aliphatic carbocycles. The molecule has 0 spiro atoms. The van der Waals surface area contributed by atoms with Crippen molar-refractivity contribution in [3.8, 4) is 0 Å². The van der Waals surface area contributed by atoms with Crippen molar-refractivity contribution in [3.05, 3.63) is 15.8 Å². The Hall–Kier alpha value is -1.63. The van der Waals surface area contributed by atoms with Crippen LogP contribution in [0, 0.1) is 23.0 Å². The van der Waals surface area contributed by atoms with Gasteiger partial charge in [0, 0.05) is 13.6 Å². The monoisotopic (exact) mass is 254 g/mol. The fourth-order valence-corrected chi connectivity index (χ4v) is 2.72.